The van der Waals surface area contributed by atoms with Crippen LogP contribution in [0.25, 0.3) is 0 Å². The Bertz CT molecular complexity index is 507. The number of carboxylic acids is 1. The molecule has 1 saturated heterocycles. The predicted molar refractivity (Wildman–Crippen MR) is 68.3 cm³/mol. The molecule has 0 bridgehead atoms. The molecule has 1 aliphatic heterocycles. The second kappa shape index (κ2) is 5.97. The number of halogens is 1. The van der Waals surface area contributed by atoms with Crippen molar-refractivity contribution in [2.24, 2.45) is 0 Å². The second-order valence-electron chi connectivity index (χ2n) is 4.70. The van der Waals surface area contributed by atoms with Gasteiger partial charge in [-0.15, -0.1) is 0 Å². The maximum atomic E-state index is 12.2. The van der Waals surface area contributed by atoms with E-state index in [1.54, 1.807) is 12.3 Å². The summed E-state index contributed by atoms with van der Waals surface area (Å²) in [6, 6.07) is 2.90. The van der Waals surface area contributed by atoms with Gasteiger partial charge in [0.05, 0.1) is 0 Å². The summed E-state index contributed by atoms with van der Waals surface area (Å²) < 4.78 is 13.7. The molecule has 1 fully saturated rings. The number of rotatable bonds is 4. The van der Waals surface area contributed by atoms with Crippen molar-refractivity contribution in [2.75, 3.05) is 26.3 Å². The van der Waals surface area contributed by atoms with E-state index in [0.29, 0.717) is 6.54 Å². The minimum atomic E-state index is -1.20. The normalized spacial score (nSPS) is 17.5. The third kappa shape index (κ3) is 3.01. The molecular weight excluding hydrogens is 251 g/mol. The number of aromatic carboxylic acids is 1. The summed E-state index contributed by atoms with van der Waals surface area (Å²) in [7, 11) is 0. The van der Waals surface area contributed by atoms with Gasteiger partial charge in [-0.25, -0.2) is 9.18 Å². The lowest BCUT2D eigenvalue weighted by atomic mass is 10.0. The molecule has 0 aromatic carbocycles. The number of nitrogens with zero attached hydrogens (tertiary/aromatic N) is 2. The van der Waals surface area contributed by atoms with Gasteiger partial charge in [-0.1, -0.05) is 0 Å². The Morgan fingerprint density at radius 2 is 2.11 bits per heavy atom. The average molecular weight is 268 g/mol. The first-order valence-corrected chi connectivity index (χ1v) is 6.36. The first-order chi connectivity index (χ1) is 9.13. The van der Waals surface area contributed by atoms with E-state index in [0.717, 1.165) is 25.9 Å². The first-order valence-electron chi connectivity index (χ1n) is 6.36. The summed E-state index contributed by atoms with van der Waals surface area (Å²) >= 11 is 0. The smallest absolute Gasteiger partial charge is 0.341 e. The van der Waals surface area contributed by atoms with Crippen molar-refractivity contribution in [3.05, 3.63) is 34.2 Å². The summed E-state index contributed by atoms with van der Waals surface area (Å²) in [4.78, 5) is 25.0. The van der Waals surface area contributed by atoms with Crippen LogP contribution in [0.4, 0.5) is 4.39 Å². The molecule has 1 aromatic rings. The number of aromatic nitrogens is 1. The molecular formula is C13H17FN2O3. The number of likely N-dealkylation sites (tertiary alicyclic amines) is 1. The van der Waals surface area contributed by atoms with Crippen LogP contribution < -0.4 is 5.56 Å². The Morgan fingerprint density at radius 1 is 1.42 bits per heavy atom. The number of piperidine rings is 1. The van der Waals surface area contributed by atoms with Gasteiger partial charge in [-0.2, -0.15) is 0 Å². The maximum Gasteiger partial charge on any atom is 0.341 e. The lowest BCUT2D eigenvalue weighted by Gasteiger charge is -2.32. The third-order valence-corrected chi connectivity index (χ3v) is 3.56. The molecule has 104 valence electrons. The highest BCUT2D eigenvalue weighted by Crippen LogP contribution is 2.20. The number of pyridine rings is 1. The van der Waals surface area contributed by atoms with E-state index in [4.69, 9.17) is 5.11 Å². The molecule has 0 unspecified atom stereocenters. The lowest BCUT2D eigenvalue weighted by Crippen LogP contribution is -2.39. The van der Waals surface area contributed by atoms with E-state index in [2.05, 4.69) is 0 Å². The molecule has 19 heavy (non-hydrogen) atoms. The molecule has 1 N–H and O–H groups in total. The summed E-state index contributed by atoms with van der Waals surface area (Å²) in [6.45, 7) is 1.53. The van der Waals surface area contributed by atoms with Gasteiger partial charge in [-0.05, 0) is 25.0 Å². The van der Waals surface area contributed by atoms with Crippen LogP contribution in [0.2, 0.25) is 0 Å². The van der Waals surface area contributed by atoms with E-state index in [1.807, 2.05) is 4.90 Å². The molecule has 1 aliphatic rings. The van der Waals surface area contributed by atoms with Crippen molar-refractivity contribution in [1.29, 1.82) is 0 Å². The molecule has 0 radical (unpaired) electrons. The highest BCUT2D eigenvalue weighted by Gasteiger charge is 2.22. The standard InChI is InChI=1S/C13H17FN2O3/c14-5-9-15-7-3-10(4-8-15)16-6-1-2-11(12(16)17)13(18)19/h1-2,6,10H,3-5,7-9H2,(H,18,19). The summed E-state index contributed by atoms with van der Waals surface area (Å²) in [5, 5.41) is 8.94. The van der Waals surface area contributed by atoms with Crippen LogP contribution in [-0.4, -0.2) is 46.9 Å². The van der Waals surface area contributed by atoms with Crippen molar-refractivity contribution in [1.82, 2.24) is 9.47 Å². The number of alkyl halides is 1. The van der Waals surface area contributed by atoms with Crippen molar-refractivity contribution in [2.45, 2.75) is 18.9 Å². The van der Waals surface area contributed by atoms with Crippen LogP contribution >= 0.6 is 0 Å². The average Bonchev–Trinajstić information content (AvgIpc) is 2.40. The zero-order chi connectivity index (χ0) is 13.8. The Morgan fingerprint density at radius 3 is 2.68 bits per heavy atom. The van der Waals surface area contributed by atoms with Gasteiger partial charge in [0.25, 0.3) is 5.56 Å². The number of carbonyl (C=O) groups is 1. The van der Waals surface area contributed by atoms with Gasteiger partial charge >= 0.3 is 5.97 Å². The molecule has 0 saturated carbocycles. The summed E-state index contributed by atoms with van der Waals surface area (Å²) in [6.07, 6.45) is 3.11. The van der Waals surface area contributed by atoms with E-state index in [-0.39, 0.29) is 18.3 Å². The Balaban J connectivity index is 2.14. The number of hydrogen-bond donors (Lipinski definition) is 1. The van der Waals surface area contributed by atoms with Crippen LogP contribution in [-0.2, 0) is 0 Å². The van der Waals surface area contributed by atoms with E-state index in [9.17, 15) is 14.0 Å². The van der Waals surface area contributed by atoms with Crippen molar-refractivity contribution < 1.29 is 14.3 Å². The van der Waals surface area contributed by atoms with Crippen molar-refractivity contribution >= 4 is 5.97 Å². The zero-order valence-electron chi connectivity index (χ0n) is 10.6. The Labute approximate surface area is 110 Å². The van der Waals surface area contributed by atoms with Crippen LogP contribution in [0.3, 0.4) is 0 Å². The van der Waals surface area contributed by atoms with E-state index < -0.39 is 11.5 Å². The Kier molecular flexibility index (Phi) is 4.31. The molecule has 0 spiro atoms. The highest BCUT2D eigenvalue weighted by molar-refractivity contribution is 5.86. The molecule has 1 aromatic heterocycles. The van der Waals surface area contributed by atoms with Crippen molar-refractivity contribution in [3.63, 3.8) is 0 Å². The van der Waals surface area contributed by atoms with Gasteiger partial charge in [0.15, 0.2) is 0 Å². The van der Waals surface area contributed by atoms with Gasteiger partial charge in [0, 0.05) is 31.9 Å². The predicted octanol–water partition coefficient (Wildman–Crippen LogP) is 1.15. The van der Waals surface area contributed by atoms with Gasteiger partial charge in [-0.3, -0.25) is 4.79 Å². The minimum Gasteiger partial charge on any atom is -0.477 e. The lowest BCUT2D eigenvalue weighted by molar-refractivity contribution is 0.0693. The molecule has 0 aliphatic carbocycles. The quantitative estimate of drug-likeness (QED) is 0.890. The largest absolute Gasteiger partial charge is 0.477 e. The molecule has 2 rings (SSSR count). The number of hydrogen-bond acceptors (Lipinski definition) is 3. The zero-order valence-corrected chi connectivity index (χ0v) is 10.6. The second-order valence-corrected chi connectivity index (χ2v) is 4.70. The fourth-order valence-electron chi connectivity index (χ4n) is 2.50. The van der Waals surface area contributed by atoms with Crippen LogP contribution in [0, 0.1) is 0 Å². The summed E-state index contributed by atoms with van der Waals surface area (Å²) in [5.41, 5.74) is -0.660. The molecule has 5 nitrogen and oxygen atoms in total. The maximum absolute atomic E-state index is 12.2. The van der Waals surface area contributed by atoms with E-state index >= 15 is 0 Å². The first kappa shape index (κ1) is 13.7. The minimum absolute atomic E-state index is 0.00246. The molecule has 6 heteroatoms. The third-order valence-electron chi connectivity index (χ3n) is 3.56. The Hall–Kier alpha value is -1.69. The van der Waals surface area contributed by atoms with Gasteiger partial charge in [0.2, 0.25) is 0 Å². The summed E-state index contributed by atoms with van der Waals surface area (Å²) in [5.74, 6) is -1.20. The number of carboxylic acid groups (broad SMARTS) is 1. The van der Waals surface area contributed by atoms with Gasteiger partial charge < -0.3 is 14.6 Å². The SMILES string of the molecule is O=C(O)c1cccn(C2CCN(CCF)CC2)c1=O. The fraction of sp³-hybridized carbons (Fsp3) is 0.538. The van der Waals surface area contributed by atoms with Crippen molar-refractivity contribution in [3.8, 4) is 0 Å². The van der Waals surface area contributed by atoms with Crippen LogP contribution in [0.15, 0.2) is 23.1 Å². The van der Waals surface area contributed by atoms with Crippen LogP contribution in [0.1, 0.15) is 29.2 Å². The highest BCUT2D eigenvalue weighted by atomic mass is 19.1. The van der Waals surface area contributed by atoms with Gasteiger partial charge in [0.1, 0.15) is 12.2 Å². The fourth-order valence-corrected chi connectivity index (χ4v) is 2.50. The molecule has 0 atom stereocenters. The van der Waals surface area contributed by atoms with E-state index in [1.165, 1.54) is 10.6 Å². The topological polar surface area (TPSA) is 62.5 Å². The van der Waals surface area contributed by atoms with Crippen LogP contribution in [0.5, 0.6) is 0 Å². The monoisotopic (exact) mass is 268 g/mol. The molecule has 0 amide bonds. The molecule has 2 heterocycles.